The monoisotopic (exact) mass is 369 g/mol. The van der Waals surface area contributed by atoms with E-state index < -0.39 is 0 Å². The molecule has 2 aromatic carbocycles. The molecular weight excluding hydrogens is 353 g/mol. The van der Waals surface area contributed by atoms with Gasteiger partial charge in [-0.05, 0) is 55.3 Å². The van der Waals surface area contributed by atoms with Crippen LogP contribution < -0.4 is 0 Å². The Labute approximate surface area is 155 Å². The number of amides is 1. The molecule has 26 heavy (non-hydrogen) atoms. The van der Waals surface area contributed by atoms with Gasteiger partial charge in [0.2, 0.25) is 0 Å². The zero-order valence-electron chi connectivity index (χ0n) is 14.0. The number of carbonyl (C=O) groups excluding carboxylic acids is 1. The number of nitrogens with zero attached hydrogens (tertiary/aromatic N) is 3. The van der Waals surface area contributed by atoms with Gasteiger partial charge in [0, 0.05) is 18.7 Å². The fourth-order valence-electron chi connectivity index (χ4n) is 3.18. The number of carbonyl (C=O) groups is 1. The zero-order chi connectivity index (χ0) is 18.1. The van der Waals surface area contributed by atoms with E-state index in [4.69, 9.17) is 11.6 Å². The van der Waals surface area contributed by atoms with Crippen molar-refractivity contribution in [3.63, 3.8) is 0 Å². The van der Waals surface area contributed by atoms with E-state index in [1.54, 1.807) is 28.9 Å². The summed E-state index contributed by atoms with van der Waals surface area (Å²) < 4.78 is 14.8. The molecule has 0 atom stereocenters. The molecule has 1 aliphatic rings. The molecule has 0 bridgehead atoms. The standard InChI is InChI=1S/C20H17ClFN3O/c21-16-5-1-2-6-18(16)25-19(20(26)24-11-3-4-12-24)13-17(23-25)14-7-9-15(22)10-8-14/h1-2,5-10,13H,3-4,11-12H2. The van der Waals surface area contributed by atoms with E-state index in [0.717, 1.165) is 31.5 Å². The second-order valence-electron chi connectivity index (χ2n) is 6.28. The lowest BCUT2D eigenvalue weighted by Crippen LogP contribution is -2.29. The van der Waals surface area contributed by atoms with Gasteiger partial charge >= 0.3 is 0 Å². The Morgan fingerprint density at radius 1 is 1.04 bits per heavy atom. The third-order valence-corrected chi connectivity index (χ3v) is 4.86. The highest BCUT2D eigenvalue weighted by atomic mass is 35.5. The Balaban J connectivity index is 1.83. The Hall–Kier alpha value is -2.66. The summed E-state index contributed by atoms with van der Waals surface area (Å²) in [5.41, 5.74) is 2.45. The summed E-state index contributed by atoms with van der Waals surface area (Å²) in [5, 5.41) is 5.11. The second-order valence-corrected chi connectivity index (χ2v) is 6.69. The minimum Gasteiger partial charge on any atom is -0.337 e. The first-order chi connectivity index (χ1) is 12.6. The van der Waals surface area contributed by atoms with Crippen molar-refractivity contribution in [2.24, 2.45) is 0 Å². The van der Waals surface area contributed by atoms with Crippen LogP contribution in [0, 0.1) is 5.82 Å². The van der Waals surface area contributed by atoms with Gasteiger partial charge in [0.15, 0.2) is 0 Å². The highest BCUT2D eigenvalue weighted by molar-refractivity contribution is 6.32. The molecule has 1 aliphatic heterocycles. The maximum Gasteiger partial charge on any atom is 0.272 e. The third-order valence-electron chi connectivity index (χ3n) is 4.54. The van der Waals surface area contributed by atoms with Gasteiger partial charge in [0.1, 0.15) is 11.5 Å². The SMILES string of the molecule is O=C(c1cc(-c2ccc(F)cc2)nn1-c1ccccc1Cl)N1CCCC1. The number of rotatable bonds is 3. The lowest BCUT2D eigenvalue weighted by molar-refractivity contribution is 0.0784. The number of aromatic nitrogens is 2. The van der Waals surface area contributed by atoms with Crippen LogP contribution in [0.1, 0.15) is 23.3 Å². The van der Waals surface area contributed by atoms with Crippen LogP contribution in [0.15, 0.2) is 54.6 Å². The van der Waals surface area contributed by atoms with Gasteiger partial charge in [-0.25, -0.2) is 9.07 Å². The predicted octanol–water partition coefficient (Wildman–Crippen LogP) is 4.57. The average molecular weight is 370 g/mol. The molecule has 0 N–H and O–H groups in total. The summed E-state index contributed by atoms with van der Waals surface area (Å²) in [6, 6.07) is 15.1. The summed E-state index contributed by atoms with van der Waals surface area (Å²) in [7, 11) is 0. The van der Waals surface area contributed by atoms with E-state index in [2.05, 4.69) is 5.10 Å². The molecule has 0 unspecified atom stereocenters. The fraction of sp³-hybridized carbons (Fsp3) is 0.200. The molecule has 4 rings (SSSR count). The van der Waals surface area contributed by atoms with E-state index in [1.165, 1.54) is 12.1 Å². The minimum atomic E-state index is -0.312. The molecule has 1 fully saturated rings. The lowest BCUT2D eigenvalue weighted by Gasteiger charge is -2.16. The van der Waals surface area contributed by atoms with Crippen molar-refractivity contribution in [3.8, 4) is 16.9 Å². The molecule has 2 heterocycles. The van der Waals surface area contributed by atoms with Gasteiger partial charge in [0.05, 0.1) is 16.4 Å². The first kappa shape index (κ1) is 16.8. The predicted molar refractivity (Wildman–Crippen MR) is 99.1 cm³/mol. The molecule has 3 aromatic rings. The second kappa shape index (κ2) is 6.92. The van der Waals surface area contributed by atoms with E-state index in [-0.39, 0.29) is 11.7 Å². The van der Waals surface area contributed by atoms with Crippen molar-refractivity contribution in [2.75, 3.05) is 13.1 Å². The van der Waals surface area contributed by atoms with Crippen molar-refractivity contribution in [1.82, 2.24) is 14.7 Å². The van der Waals surface area contributed by atoms with Crippen LogP contribution in [-0.2, 0) is 0 Å². The topological polar surface area (TPSA) is 38.1 Å². The minimum absolute atomic E-state index is 0.0664. The number of halogens is 2. The van der Waals surface area contributed by atoms with Crippen LogP contribution in [0.3, 0.4) is 0 Å². The highest BCUT2D eigenvalue weighted by Gasteiger charge is 2.25. The summed E-state index contributed by atoms with van der Waals surface area (Å²) in [4.78, 5) is 14.8. The largest absolute Gasteiger partial charge is 0.337 e. The molecule has 132 valence electrons. The first-order valence-electron chi connectivity index (χ1n) is 8.54. The first-order valence-corrected chi connectivity index (χ1v) is 8.91. The molecule has 1 saturated heterocycles. The smallest absolute Gasteiger partial charge is 0.272 e. The summed E-state index contributed by atoms with van der Waals surface area (Å²) in [5.74, 6) is -0.379. The quantitative estimate of drug-likeness (QED) is 0.678. The number of para-hydroxylation sites is 1. The molecule has 0 spiro atoms. The number of likely N-dealkylation sites (tertiary alicyclic amines) is 1. The van der Waals surface area contributed by atoms with Gasteiger partial charge in [-0.3, -0.25) is 4.79 Å². The molecule has 0 aliphatic carbocycles. The van der Waals surface area contributed by atoms with Crippen LogP contribution in [0.5, 0.6) is 0 Å². The van der Waals surface area contributed by atoms with Crippen LogP contribution in [-0.4, -0.2) is 33.7 Å². The van der Waals surface area contributed by atoms with Crippen molar-refractivity contribution in [3.05, 3.63) is 71.1 Å². The number of hydrogen-bond acceptors (Lipinski definition) is 2. The van der Waals surface area contributed by atoms with Gasteiger partial charge < -0.3 is 4.90 Å². The van der Waals surface area contributed by atoms with Gasteiger partial charge in [-0.2, -0.15) is 5.10 Å². The molecule has 6 heteroatoms. The lowest BCUT2D eigenvalue weighted by atomic mass is 10.1. The Bertz CT molecular complexity index is 946. The molecular formula is C20H17ClFN3O. The Morgan fingerprint density at radius 3 is 2.42 bits per heavy atom. The van der Waals surface area contributed by atoms with Crippen molar-refractivity contribution < 1.29 is 9.18 Å². The van der Waals surface area contributed by atoms with Crippen molar-refractivity contribution in [2.45, 2.75) is 12.8 Å². The highest BCUT2D eigenvalue weighted by Crippen LogP contribution is 2.27. The van der Waals surface area contributed by atoms with Crippen LogP contribution >= 0.6 is 11.6 Å². The Morgan fingerprint density at radius 2 is 1.73 bits per heavy atom. The summed E-state index contributed by atoms with van der Waals surface area (Å²) >= 11 is 6.34. The van der Waals surface area contributed by atoms with E-state index in [0.29, 0.717) is 22.1 Å². The van der Waals surface area contributed by atoms with Gasteiger partial charge in [-0.15, -0.1) is 0 Å². The summed E-state index contributed by atoms with van der Waals surface area (Å²) in [6.45, 7) is 1.50. The van der Waals surface area contributed by atoms with Gasteiger partial charge in [0.25, 0.3) is 5.91 Å². The molecule has 0 radical (unpaired) electrons. The molecule has 1 aromatic heterocycles. The maximum atomic E-state index is 13.2. The molecule has 4 nitrogen and oxygen atoms in total. The average Bonchev–Trinajstić information content (AvgIpc) is 3.32. The zero-order valence-corrected chi connectivity index (χ0v) is 14.8. The van der Waals surface area contributed by atoms with Crippen molar-refractivity contribution in [1.29, 1.82) is 0 Å². The number of hydrogen-bond donors (Lipinski definition) is 0. The van der Waals surface area contributed by atoms with Gasteiger partial charge in [-0.1, -0.05) is 23.7 Å². The van der Waals surface area contributed by atoms with Crippen molar-refractivity contribution >= 4 is 17.5 Å². The van der Waals surface area contributed by atoms with Crippen LogP contribution in [0.4, 0.5) is 4.39 Å². The van der Waals surface area contributed by atoms with E-state index >= 15 is 0 Å². The molecule has 1 amide bonds. The third kappa shape index (κ3) is 3.10. The molecule has 0 saturated carbocycles. The Kier molecular flexibility index (Phi) is 4.47. The summed E-state index contributed by atoms with van der Waals surface area (Å²) in [6.07, 6.45) is 2.02. The van der Waals surface area contributed by atoms with E-state index in [1.807, 2.05) is 23.1 Å². The van der Waals surface area contributed by atoms with Crippen LogP contribution in [0.25, 0.3) is 16.9 Å². The van der Waals surface area contributed by atoms with E-state index in [9.17, 15) is 9.18 Å². The normalized spacial score (nSPS) is 14.0. The van der Waals surface area contributed by atoms with Crippen LogP contribution in [0.2, 0.25) is 5.02 Å². The maximum absolute atomic E-state index is 13.2. The number of benzene rings is 2. The fourth-order valence-corrected chi connectivity index (χ4v) is 3.40.